The molecule has 0 aromatic carbocycles. The van der Waals surface area contributed by atoms with Crippen LogP contribution in [-0.4, -0.2) is 46.9 Å². The van der Waals surface area contributed by atoms with Crippen molar-refractivity contribution in [3.8, 4) is 0 Å². The molecule has 1 amide bonds. The van der Waals surface area contributed by atoms with Crippen molar-refractivity contribution >= 4 is 11.9 Å². The summed E-state index contributed by atoms with van der Waals surface area (Å²) < 4.78 is 5.87. The average molecular weight is 734 g/mol. The summed E-state index contributed by atoms with van der Waals surface area (Å²) in [5.74, 6) is -0.500. The number of allylic oxidation sites excluding steroid dienone is 4. The molecule has 306 valence electrons. The summed E-state index contributed by atoms with van der Waals surface area (Å²) >= 11 is 0. The molecular formula is C46H87NO5. The van der Waals surface area contributed by atoms with E-state index in [0.29, 0.717) is 19.3 Å². The molecule has 0 radical (unpaired) electrons. The number of unbranched alkanes of at least 4 members (excludes halogenated alkanes) is 24. The first-order chi connectivity index (χ1) is 25.5. The molecule has 0 aliphatic carbocycles. The second kappa shape index (κ2) is 40.5. The summed E-state index contributed by atoms with van der Waals surface area (Å²) in [6.45, 7) is 6.38. The van der Waals surface area contributed by atoms with Gasteiger partial charge in [-0.2, -0.15) is 0 Å². The van der Waals surface area contributed by atoms with Crippen LogP contribution in [0.15, 0.2) is 24.3 Å². The summed E-state index contributed by atoms with van der Waals surface area (Å²) in [5, 5.41) is 23.6. The van der Waals surface area contributed by atoms with Gasteiger partial charge >= 0.3 is 5.97 Å². The lowest BCUT2D eigenvalue weighted by Crippen LogP contribution is -2.46. The molecule has 6 heteroatoms. The zero-order valence-electron chi connectivity index (χ0n) is 34.7. The van der Waals surface area contributed by atoms with Crippen molar-refractivity contribution in [1.29, 1.82) is 0 Å². The molecule has 3 atom stereocenters. The van der Waals surface area contributed by atoms with Gasteiger partial charge in [-0.05, 0) is 64.2 Å². The minimum Gasteiger partial charge on any atom is -0.462 e. The SMILES string of the molecule is CCCC/C=C\CCCCCCCC(=O)OC(CCCCC/C=C\CCCC)CC(=O)NC(CO)C(O)CCCCCCCCCCCCCCC. The predicted octanol–water partition coefficient (Wildman–Crippen LogP) is 12.8. The maximum atomic E-state index is 13.1. The first-order valence-electron chi connectivity index (χ1n) is 22.6. The molecule has 0 heterocycles. The molecule has 6 nitrogen and oxygen atoms in total. The lowest BCUT2D eigenvalue weighted by Gasteiger charge is -2.24. The first-order valence-corrected chi connectivity index (χ1v) is 22.6. The van der Waals surface area contributed by atoms with E-state index in [0.717, 1.165) is 70.6 Å². The van der Waals surface area contributed by atoms with E-state index in [1.807, 2.05) is 0 Å². The highest BCUT2D eigenvalue weighted by Crippen LogP contribution is 2.17. The van der Waals surface area contributed by atoms with Crippen molar-refractivity contribution < 1.29 is 24.5 Å². The lowest BCUT2D eigenvalue weighted by molar-refractivity contribution is -0.151. The van der Waals surface area contributed by atoms with Crippen molar-refractivity contribution in [2.24, 2.45) is 0 Å². The monoisotopic (exact) mass is 734 g/mol. The van der Waals surface area contributed by atoms with Crippen LogP contribution in [0.1, 0.15) is 233 Å². The Morgan fingerprint density at radius 3 is 1.44 bits per heavy atom. The van der Waals surface area contributed by atoms with Gasteiger partial charge in [-0.25, -0.2) is 0 Å². The minimum absolute atomic E-state index is 0.0659. The second-order valence-electron chi connectivity index (χ2n) is 15.4. The van der Waals surface area contributed by atoms with Crippen molar-refractivity contribution in [1.82, 2.24) is 5.32 Å². The number of carbonyl (C=O) groups is 2. The number of carbonyl (C=O) groups excluding carboxylic acids is 2. The van der Waals surface area contributed by atoms with Crippen LogP contribution in [0.25, 0.3) is 0 Å². The molecule has 0 aliphatic rings. The maximum absolute atomic E-state index is 13.1. The Hall–Kier alpha value is -1.66. The van der Waals surface area contributed by atoms with Gasteiger partial charge in [0, 0.05) is 6.42 Å². The van der Waals surface area contributed by atoms with E-state index in [1.165, 1.54) is 116 Å². The van der Waals surface area contributed by atoms with Gasteiger partial charge in [0.2, 0.25) is 5.91 Å². The third-order valence-electron chi connectivity index (χ3n) is 10.3. The van der Waals surface area contributed by atoms with E-state index in [4.69, 9.17) is 4.74 Å². The molecule has 0 saturated heterocycles. The van der Waals surface area contributed by atoms with Gasteiger partial charge in [-0.3, -0.25) is 9.59 Å². The van der Waals surface area contributed by atoms with E-state index in [9.17, 15) is 19.8 Å². The van der Waals surface area contributed by atoms with E-state index in [-0.39, 0.29) is 24.9 Å². The van der Waals surface area contributed by atoms with E-state index in [2.05, 4.69) is 50.4 Å². The molecule has 3 unspecified atom stereocenters. The fourth-order valence-corrected chi connectivity index (χ4v) is 6.74. The fourth-order valence-electron chi connectivity index (χ4n) is 6.74. The van der Waals surface area contributed by atoms with Crippen molar-refractivity contribution in [2.75, 3.05) is 6.61 Å². The van der Waals surface area contributed by atoms with Gasteiger partial charge in [-0.1, -0.05) is 180 Å². The Balaban J connectivity index is 4.53. The summed E-state index contributed by atoms with van der Waals surface area (Å²) in [7, 11) is 0. The zero-order valence-corrected chi connectivity index (χ0v) is 34.7. The van der Waals surface area contributed by atoms with Crippen LogP contribution < -0.4 is 5.32 Å². The third-order valence-corrected chi connectivity index (χ3v) is 10.3. The van der Waals surface area contributed by atoms with Crippen LogP contribution in [-0.2, 0) is 14.3 Å². The number of aliphatic hydroxyl groups excluding tert-OH is 2. The Morgan fingerprint density at radius 2 is 0.942 bits per heavy atom. The summed E-state index contributed by atoms with van der Waals surface area (Å²) in [6.07, 6.45) is 43.8. The topological polar surface area (TPSA) is 95.9 Å². The molecule has 0 bridgehead atoms. The second-order valence-corrected chi connectivity index (χ2v) is 15.4. The number of hydrogen-bond acceptors (Lipinski definition) is 5. The molecule has 0 spiro atoms. The van der Waals surface area contributed by atoms with Crippen LogP contribution in [0.4, 0.5) is 0 Å². The Labute approximate surface area is 322 Å². The van der Waals surface area contributed by atoms with E-state index in [1.54, 1.807) is 0 Å². The number of ether oxygens (including phenoxy) is 1. The standard InChI is InChI=1S/C46H87NO5/c1-4-7-10-13-16-19-21-22-24-26-29-32-35-38-44(49)43(41-48)47-45(50)40-42(37-34-31-28-25-18-15-12-9-6-3)52-46(51)39-36-33-30-27-23-20-17-14-11-8-5-2/h14-15,17-18,42-44,48-49H,4-13,16,19-41H2,1-3H3,(H,47,50)/b17-14-,18-15-. The van der Waals surface area contributed by atoms with Gasteiger partial charge in [0.05, 0.1) is 25.2 Å². The summed E-state index contributed by atoms with van der Waals surface area (Å²) in [6, 6.07) is -0.701. The predicted molar refractivity (Wildman–Crippen MR) is 223 cm³/mol. The molecular weight excluding hydrogens is 647 g/mol. The smallest absolute Gasteiger partial charge is 0.306 e. The Bertz CT molecular complexity index is 828. The molecule has 0 aliphatic heterocycles. The largest absolute Gasteiger partial charge is 0.462 e. The van der Waals surface area contributed by atoms with Crippen LogP contribution >= 0.6 is 0 Å². The Morgan fingerprint density at radius 1 is 0.538 bits per heavy atom. The number of esters is 1. The number of amides is 1. The van der Waals surface area contributed by atoms with Crippen LogP contribution in [0.3, 0.4) is 0 Å². The van der Waals surface area contributed by atoms with Crippen LogP contribution in [0.5, 0.6) is 0 Å². The molecule has 52 heavy (non-hydrogen) atoms. The molecule has 3 N–H and O–H groups in total. The van der Waals surface area contributed by atoms with Gasteiger partial charge in [0.25, 0.3) is 0 Å². The summed E-state index contributed by atoms with van der Waals surface area (Å²) in [5.41, 5.74) is 0. The van der Waals surface area contributed by atoms with Gasteiger partial charge in [0.15, 0.2) is 0 Å². The maximum Gasteiger partial charge on any atom is 0.306 e. The van der Waals surface area contributed by atoms with Crippen molar-refractivity contribution in [3.63, 3.8) is 0 Å². The van der Waals surface area contributed by atoms with Gasteiger partial charge in [-0.15, -0.1) is 0 Å². The Kier molecular flexibility index (Phi) is 39.2. The fraction of sp³-hybridized carbons (Fsp3) is 0.870. The minimum atomic E-state index is -0.787. The third kappa shape index (κ3) is 35.4. The van der Waals surface area contributed by atoms with E-state index < -0.39 is 18.2 Å². The van der Waals surface area contributed by atoms with Crippen molar-refractivity contribution in [3.05, 3.63) is 24.3 Å². The number of rotatable bonds is 40. The summed E-state index contributed by atoms with van der Waals surface area (Å²) in [4.78, 5) is 25.9. The molecule has 0 fully saturated rings. The molecule has 0 rings (SSSR count). The van der Waals surface area contributed by atoms with Crippen LogP contribution in [0, 0.1) is 0 Å². The number of aliphatic hydroxyl groups is 2. The highest BCUT2D eigenvalue weighted by Gasteiger charge is 2.24. The van der Waals surface area contributed by atoms with E-state index >= 15 is 0 Å². The normalized spacial score (nSPS) is 13.6. The quantitative estimate of drug-likeness (QED) is 0.0331. The van der Waals surface area contributed by atoms with Gasteiger partial charge in [0.1, 0.15) is 6.10 Å². The molecule has 0 aromatic rings. The zero-order chi connectivity index (χ0) is 38.2. The van der Waals surface area contributed by atoms with Gasteiger partial charge < -0.3 is 20.3 Å². The number of hydrogen-bond donors (Lipinski definition) is 3. The van der Waals surface area contributed by atoms with Crippen LogP contribution in [0.2, 0.25) is 0 Å². The highest BCUT2D eigenvalue weighted by molar-refractivity contribution is 5.77. The van der Waals surface area contributed by atoms with Crippen molar-refractivity contribution in [2.45, 2.75) is 251 Å². The lowest BCUT2D eigenvalue weighted by atomic mass is 10.0. The molecule has 0 aromatic heterocycles. The average Bonchev–Trinajstić information content (AvgIpc) is 3.13. The first kappa shape index (κ1) is 50.3. The highest BCUT2D eigenvalue weighted by atomic mass is 16.5. The number of nitrogens with one attached hydrogen (secondary N) is 1. The molecule has 0 saturated carbocycles.